The summed E-state index contributed by atoms with van der Waals surface area (Å²) in [6.07, 6.45) is 5.65. The lowest BCUT2D eigenvalue weighted by atomic mass is 10.1. The molecule has 0 aromatic carbocycles. The molecule has 0 aromatic heterocycles. The van der Waals surface area contributed by atoms with Gasteiger partial charge in [-0.3, -0.25) is 4.99 Å². The molecule has 1 aliphatic heterocycles. The van der Waals surface area contributed by atoms with E-state index in [9.17, 15) is 0 Å². The van der Waals surface area contributed by atoms with E-state index < -0.39 is 8.80 Å². The smallest absolute Gasteiger partial charge is 0.137 e. The number of halogens is 1. The summed E-state index contributed by atoms with van der Waals surface area (Å²) in [5, 5.41) is 0.802. The molecule has 0 aromatic rings. The zero-order valence-corrected chi connectivity index (χ0v) is 15.6. The molecular weight excluding hydrogens is 300 g/mol. The Morgan fingerprint density at radius 2 is 2.19 bits per heavy atom. The van der Waals surface area contributed by atoms with Crippen molar-refractivity contribution in [3.05, 3.63) is 35.0 Å². The number of rotatable bonds is 8. The molecule has 1 rings (SSSR count). The molecule has 0 aliphatic carbocycles. The van der Waals surface area contributed by atoms with E-state index in [0.717, 1.165) is 35.0 Å². The van der Waals surface area contributed by atoms with Gasteiger partial charge in [-0.05, 0) is 18.5 Å². The second-order valence-electron chi connectivity index (χ2n) is 5.65. The highest BCUT2D eigenvalue weighted by Crippen LogP contribution is 2.26. The van der Waals surface area contributed by atoms with Gasteiger partial charge in [-0.1, -0.05) is 43.8 Å². The molecule has 5 heteroatoms. The molecule has 0 amide bonds. The van der Waals surface area contributed by atoms with Crippen LogP contribution in [0.25, 0.3) is 0 Å². The first-order valence-corrected chi connectivity index (χ1v) is 11.0. The topological polar surface area (TPSA) is 24.8 Å². The summed E-state index contributed by atoms with van der Waals surface area (Å²) in [5.74, 6) is 0.880. The molecule has 0 fully saturated rings. The largest absolute Gasteiger partial charge is 0.361 e. The first-order chi connectivity index (χ1) is 9.99. The van der Waals surface area contributed by atoms with Crippen molar-refractivity contribution in [1.82, 2.24) is 4.90 Å². The lowest BCUT2D eigenvalue weighted by molar-refractivity contribution is 0.0950. The Hall–Kier alpha value is -0.843. The third-order valence-corrected chi connectivity index (χ3v) is 5.14. The van der Waals surface area contributed by atoms with Gasteiger partial charge in [0, 0.05) is 45.7 Å². The molecule has 0 radical (unpaired) electrons. The Kier molecular flexibility index (Phi) is 8.00. The van der Waals surface area contributed by atoms with Crippen LogP contribution in [0.4, 0.5) is 0 Å². The maximum Gasteiger partial charge on any atom is 0.137 e. The molecule has 0 saturated carbocycles. The van der Waals surface area contributed by atoms with Gasteiger partial charge >= 0.3 is 0 Å². The van der Waals surface area contributed by atoms with Crippen molar-refractivity contribution >= 4 is 26.2 Å². The van der Waals surface area contributed by atoms with Gasteiger partial charge in [0.15, 0.2) is 0 Å². The molecule has 0 atom stereocenters. The van der Waals surface area contributed by atoms with Crippen LogP contribution in [0.5, 0.6) is 0 Å². The summed E-state index contributed by atoms with van der Waals surface area (Å²) < 4.78 is 5.74. The van der Waals surface area contributed by atoms with Gasteiger partial charge in [-0.25, -0.2) is 0 Å². The highest BCUT2D eigenvalue weighted by Gasteiger charge is 2.21. The fourth-order valence-electron chi connectivity index (χ4n) is 1.95. The van der Waals surface area contributed by atoms with Crippen molar-refractivity contribution in [2.45, 2.75) is 38.9 Å². The molecule has 118 valence electrons. The SMILES string of the molecule is C=C(CC)C/C(Cl)=C1/C=CN(COCC[SiH](C)C)C1=NC. The standard InChI is InChI=1S/C16H27ClN2OSi/c1-6-13(2)11-15(17)14-7-8-19(16(14)18-3)12-20-9-10-21(4)5/h7-8,21H,2,6,9-12H2,1,3-5H3/b15-14+,18-16?. The molecule has 0 bridgehead atoms. The highest BCUT2D eigenvalue weighted by molar-refractivity contribution is 6.55. The zero-order valence-electron chi connectivity index (χ0n) is 13.7. The minimum atomic E-state index is -0.540. The van der Waals surface area contributed by atoms with E-state index in [4.69, 9.17) is 16.3 Å². The summed E-state index contributed by atoms with van der Waals surface area (Å²) in [4.78, 5) is 6.36. The Labute approximate surface area is 135 Å². The van der Waals surface area contributed by atoms with Crippen molar-refractivity contribution < 1.29 is 4.74 Å². The van der Waals surface area contributed by atoms with Crippen LogP contribution in [0.3, 0.4) is 0 Å². The van der Waals surface area contributed by atoms with Crippen LogP contribution in [0.2, 0.25) is 19.1 Å². The monoisotopic (exact) mass is 326 g/mol. The van der Waals surface area contributed by atoms with Crippen LogP contribution < -0.4 is 0 Å². The normalized spacial score (nSPS) is 19.0. The van der Waals surface area contributed by atoms with E-state index in [1.54, 1.807) is 7.05 Å². The summed E-state index contributed by atoms with van der Waals surface area (Å²) in [5.41, 5.74) is 2.11. The van der Waals surface area contributed by atoms with E-state index >= 15 is 0 Å². The molecule has 1 aliphatic rings. The minimum Gasteiger partial charge on any atom is -0.361 e. The Morgan fingerprint density at radius 3 is 2.76 bits per heavy atom. The van der Waals surface area contributed by atoms with Crippen molar-refractivity contribution in [2.75, 3.05) is 20.4 Å². The van der Waals surface area contributed by atoms with Crippen molar-refractivity contribution in [1.29, 1.82) is 0 Å². The van der Waals surface area contributed by atoms with E-state index in [0.29, 0.717) is 13.2 Å². The number of nitrogens with zero attached hydrogens (tertiary/aromatic N) is 2. The quantitative estimate of drug-likeness (QED) is 0.380. The highest BCUT2D eigenvalue weighted by atomic mass is 35.5. The van der Waals surface area contributed by atoms with Crippen LogP contribution in [0.1, 0.15) is 19.8 Å². The molecule has 21 heavy (non-hydrogen) atoms. The number of aliphatic imine (C=N–C) groups is 1. The molecule has 3 nitrogen and oxygen atoms in total. The van der Waals surface area contributed by atoms with E-state index in [2.05, 4.69) is 31.6 Å². The maximum absolute atomic E-state index is 6.43. The number of hydrogen-bond acceptors (Lipinski definition) is 2. The first kappa shape index (κ1) is 18.2. The minimum absolute atomic E-state index is 0.534. The van der Waals surface area contributed by atoms with Crippen LogP contribution in [0.15, 0.2) is 40.0 Å². The summed E-state index contributed by atoms with van der Waals surface area (Å²) in [7, 11) is 1.25. The van der Waals surface area contributed by atoms with Gasteiger partial charge in [0.25, 0.3) is 0 Å². The van der Waals surface area contributed by atoms with Gasteiger partial charge in [-0.15, -0.1) is 0 Å². The molecule has 0 saturated heterocycles. The van der Waals surface area contributed by atoms with E-state index in [-0.39, 0.29) is 0 Å². The molecule has 1 heterocycles. The average molecular weight is 327 g/mol. The fraction of sp³-hybridized carbons (Fsp3) is 0.562. The predicted octanol–water partition coefficient (Wildman–Crippen LogP) is 4.15. The molecule has 0 N–H and O–H groups in total. The Balaban J connectivity index is 2.62. The first-order valence-electron chi connectivity index (χ1n) is 7.54. The second kappa shape index (κ2) is 9.23. The van der Waals surface area contributed by atoms with Gasteiger partial charge in [0.1, 0.15) is 12.6 Å². The fourth-order valence-corrected chi connectivity index (χ4v) is 2.93. The van der Waals surface area contributed by atoms with Crippen LogP contribution in [-0.2, 0) is 4.74 Å². The molecular formula is C16H27ClN2OSi. The second-order valence-corrected chi connectivity index (χ2v) is 9.47. The summed E-state index contributed by atoms with van der Waals surface area (Å²) in [6, 6.07) is 1.20. The Bertz CT molecular complexity index is 455. The maximum atomic E-state index is 6.43. The Morgan fingerprint density at radius 1 is 1.48 bits per heavy atom. The lowest BCUT2D eigenvalue weighted by Gasteiger charge is -2.18. The molecule has 0 spiro atoms. The third-order valence-electron chi connectivity index (χ3n) is 3.41. The predicted molar refractivity (Wildman–Crippen MR) is 95.8 cm³/mol. The van der Waals surface area contributed by atoms with Crippen molar-refractivity contribution in [3.63, 3.8) is 0 Å². The molecule has 0 unspecified atom stereocenters. The van der Waals surface area contributed by atoms with Gasteiger partial charge in [0.05, 0.1) is 0 Å². The number of amidine groups is 1. The third kappa shape index (κ3) is 5.81. The van der Waals surface area contributed by atoms with Crippen molar-refractivity contribution in [2.24, 2.45) is 4.99 Å². The number of allylic oxidation sites excluding steroid dienone is 2. The van der Waals surface area contributed by atoms with Crippen LogP contribution in [-0.4, -0.2) is 39.9 Å². The van der Waals surface area contributed by atoms with Gasteiger partial charge in [0.2, 0.25) is 0 Å². The lowest BCUT2D eigenvalue weighted by Crippen LogP contribution is -2.26. The van der Waals surface area contributed by atoms with Crippen LogP contribution in [0, 0.1) is 0 Å². The van der Waals surface area contributed by atoms with Gasteiger partial charge in [-0.2, -0.15) is 0 Å². The number of ether oxygens (including phenoxy) is 1. The van der Waals surface area contributed by atoms with Crippen LogP contribution >= 0.6 is 11.6 Å². The number of hydrogen-bond donors (Lipinski definition) is 0. The summed E-state index contributed by atoms with van der Waals surface area (Å²) >= 11 is 6.43. The average Bonchev–Trinajstić information content (AvgIpc) is 2.86. The van der Waals surface area contributed by atoms with Gasteiger partial charge < -0.3 is 9.64 Å². The summed E-state index contributed by atoms with van der Waals surface area (Å²) in [6.45, 7) is 12.1. The van der Waals surface area contributed by atoms with Crippen molar-refractivity contribution in [3.8, 4) is 0 Å². The zero-order chi connectivity index (χ0) is 15.8. The van der Waals surface area contributed by atoms with E-state index in [1.807, 2.05) is 17.2 Å². The van der Waals surface area contributed by atoms with E-state index in [1.165, 1.54) is 6.04 Å².